The third kappa shape index (κ3) is 2.11. The van der Waals surface area contributed by atoms with Crippen LogP contribution in [-0.2, 0) is 0 Å². The molecule has 100 valence electrons. The Balaban J connectivity index is 2.31. The van der Waals surface area contributed by atoms with E-state index in [-0.39, 0.29) is 11.8 Å². The molecular weight excluding hydrogens is 259 g/mol. The van der Waals surface area contributed by atoms with Gasteiger partial charge < -0.3 is 10.5 Å². The van der Waals surface area contributed by atoms with Crippen molar-refractivity contribution in [3.63, 3.8) is 0 Å². The van der Waals surface area contributed by atoms with Crippen LogP contribution in [-0.4, -0.2) is 22.1 Å². The van der Waals surface area contributed by atoms with Gasteiger partial charge in [-0.15, -0.1) is 0 Å². The highest BCUT2D eigenvalue weighted by Crippen LogP contribution is 2.29. The van der Waals surface area contributed by atoms with Gasteiger partial charge in [0.15, 0.2) is 0 Å². The van der Waals surface area contributed by atoms with E-state index >= 15 is 0 Å². The highest BCUT2D eigenvalue weighted by Gasteiger charge is 2.11. The monoisotopic (exact) mass is 270 g/mol. The first-order chi connectivity index (χ1) is 9.67. The fourth-order valence-electron chi connectivity index (χ4n) is 2.04. The second-order valence-electron chi connectivity index (χ2n) is 4.18. The molecule has 0 saturated carbocycles. The van der Waals surface area contributed by atoms with E-state index in [9.17, 15) is 4.39 Å². The molecule has 20 heavy (non-hydrogen) atoms. The van der Waals surface area contributed by atoms with Crippen molar-refractivity contribution >= 4 is 16.9 Å². The molecule has 0 atom stereocenters. The molecule has 0 fully saturated rings. The predicted octanol–water partition coefficient (Wildman–Crippen LogP) is 2.42. The Bertz CT molecular complexity index is 791. The molecule has 0 aliphatic rings. The topological polar surface area (TPSA) is 73.9 Å². The fourth-order valence-corrected chi connectivity index (χ4v) is 2.04. The molecule has 0 saturated heterocycles. The van der Waals surface area contributed by atoms with Crippen molar-refractivity contribution in [3.05, 3.63) is 42.3 Å². The van der Waals surface area contributed by atoms with Crippen LogP contribution in [0.25, 0.3) is 22.2 Å². The summed E-state index contributed by atoms with van der Waals surface area (Å²) in [5.74, 6) is 0.0187. The Morgan fingerprint density at radius 1 is 1.20 bits per heavy atom. The molecule has 0 radical (unpaired) electrons. The van der Waals surface area contributed by atoms with E-state index in [0.29, 0.717) is 28.0 Å². The fraction of sp³-hybridized carbons (Fsp3) is 0.0714. The zero-order chi connectivity index (χ0) is 14.1. The van der Waals surface area contributed by atoms with E-state index in [1.165, 1.54) is 19.2 Å². The van der Waals surface area contributed by atoms with Crippen LogP contribution in [0.5, 0.6) is 5.88 Å². The summed E-state index contributed by atoms with van der Waals surface area (Å²) in [5, 5.41) is 0.693. The summed E-state index contributed by atoms with van der Waals surface area (Å²) in [6, 6.07) is 7.93. The third-order valence-corrected chi connectivity index (χ3v) is 2.87. The third-order valence-electron chi connectivity index (χ3n) is 2.87. The highest BCUT2D eigenvalue weighted by molar-refractivity contribution is 5.92. The van der Waals surface area contributed by atoms with Crippen LogP contribution in [0.2, 0.25) is 0 Å². The minimum atomic E-state index is -0.364. The Kier molecular flexibility index (Phi) is 2.90. The second kappa shape index (κ2) is 4.73. The zero-order valence-corrected chi connectivity index (χ0v) is 10.7. The molecule has 2 heterocycles. The van der Waals surface area contributed by atoms with Crippen molar-refractivity contribution in [2.45, 2.75) is 0 Å². The average Bonchev–Trinajstić information content (AvgIpc) is 2.45. The number of pyridine rings is 1. The summed E-state index contributed by atoms with van der Waals surface area (Å²) in [6.07, 6.45) is 1.64. The van der Waals surface area contributed by atoms with Gasteiger partial charge in [0.05, 0.1) is 18.3 Å². The number of methoxy groups -OCH3 is 1. The van der Waals surface area contributed by atoms with Gasteiger partial charge in [-0.05, 0) is 18.2 Å². The largest absolute Gasteiger partial charge is 0.481 e. The molecule has 1 aromatic carbocycles. The number of hydrogen-bond donors (Lipinski definition) is 1. The van der Waals surface area contributed by atoms with E-state index in [0.717, 1.165) is 0 Å². The van der Waals surface area contributed by atoms with E-state index in [4.69, 9.17) is 10.5 Å². The normalized spacial score (nSPS) is 10.7. The number of halogens is 1. The SMILES string of the molecule is COc1cc(-c2cc(F)cc3cccnc23)nc(N)n1. The van der Waals surface area contributed by atoms with E-state index in [1.807, 2.05) is 0 Å². The number of rotatable bonds is 2. The maximum atomic E-state index is 13.7. The maximum Gasteiger partial charge on any atom is 0.223 e. The molecule has 0 amide bonds. The van der Waals surface area contributed by atoms with Gasteiger partial charge in [0.2, 0.25) is 11.8 Å². The van der Waals surface area contributed by atoms with Crippen LogP contribution in [0.1, 0.15) is 0 Å². The average molecular weight is 270 g/mol. The van der Waals surface area contributed by atoms with Crippen molar-refractivity contribution < 1.29 is 9.13 Å². The van der Waals surface area contributed by atoms with Gasteiger partial charge in [-0.25, -0.2) is 9.37 Å². The second-order valence-corrected chi connectivity index (χ2v) is 4.18. The quantitative estimate of drug-likeness (QED) is 0.774. The Morgan fingerprint density at radius 3 is 2.85 bits per heavy atom. The van der Waals surface area contributed by atoms with Crippen LogP contribution in [0.3, 0.4) is 0 Å². The lowest BCUT2D eigenvalue weighted by Crippen LogP contribution is -2.00. The Hall–Kier alpha value is -2.76. The molecular formula is C14H11FN4O. The first-order valence-corrected chi connectivity index (χ1v) is 5.90. The molecule has 0 unspecified atom stereocenters. The van der Waals surface area contributed by atoms with Crippen molar-refractivity contribution in [1.29, 1.82) is 0 Å². The number of nitrogen functional groups attached to an aromatic ring is 1. The number of anilines is 1. The molecule has 0 bridgehead atoms. The van der Waals surface area contributed by atoms with Crippen molar-refractivity contribution in [3.8, 4) is 17.1 Å². The molecule has 0 aliphatic carbocycles. The maximum absolute atomic E-state index is 13.7. The van der Waals surface area contributed by atoms with Crippen LogP contribution < -0.4 is 10.5 Å². The predicted molar refractivity (Wildman–Crippen MR) is 73.7 cm³/mol. The summed E-state index contributed by atoms with van der Waals surface area (Å²) < 4.78 is 18.8. The van der Waals surface area contributed by atoms with Crippen LogP contribution in [0, 0.1) is 5.82 Å². The smallest absolute Gasteiger partial charge is 0.223 e. The number of fused-ring (bicyclic) bond motifs is 1. The van der Waals surface area contributed by atoms with Gasteiger partial charge in [0.25, 0.3) is 0 Å². The van der Waals surface area contributed by atoms with Gasteiger partial charge in [0.1, 0.15) is 5.82 Å². The molecule has 2 aromatic heterocycles. The summed E-state index contributed by atoms with van der Waals surface area (Å²) in [5.41, 5.74) is 7.30. The number of benzene rings is 1. The van der Waals surface area contributed by atoms with Gasteiger partial charge in [-0.3, -0.25) is 4.98 Å². The van der Waals surface area contributed by atoms with Crippen molar-refractivity contribution in [2.24, 2.45) is 0 Å². The lowest BCUT2D eigenvalue weighted by atomic mass is 10.1. The minimum absolute atomic E-state index is 0.0627. The minimum Gasteiger partial charge on any atom is -0.481 e. The van der Waals surface area contributed by atoms with E-state index in [1.54, 1.807) is 24.4 Å². The summed E-state index contributed by atoms with van der Waals surface area (Å²) >= 11 is 0. The molecule has 6 heteroatoms. The number of ether oxygens (including phenoxy) is 1. The lowest BCUT2D eigenvalue weighted by Gasteiger charge is -2.08. The Labute approximate surface area is 114 Å². The molecule has 2 N–H and O–H groups in total. The molecule has 5 nitrogen and oxygen atoms in total. The highest BCUT2D eigenvalue weighted by atomic mass is 19.1. The zero-order valence-electron chi connectivity index (χ0n) is 10.7. The summed E-state index contributed by atoms with van der Waals surface area (Å²) in [4.78, 5) is 12.3. The molecule has 0 spiro atoms. The number of nitrogens with zero attached hydrogens (tertiary/aromatic N) is 3. The Morgan fingerprint density at radius 2 is 2.05 bits per heavy atom. The standard InChI is InChI=1S/C14H11FN4O/c1-20-12-7-11(18-14(16)19-12)10-6-9(15)5-8-3-2-4-17-13(8)10/h2-7H,1H3,(H2,16,18,19). The number of hydrogen-bond acceptors (Lipinski definition) is 5. The number of nitrogens with two attached hydrogens (primary N) is 1. The molecule has 0 aliphatic heterocycles. The van der Waals surface area contributed by atoms with Crippen molar-refractivity contribution in [2.75, 3.05) is 12.8 Å². The van der Waals surface area contributed by atoms with E-state index in [2.05, 4.69) is 15.0 Å². The van der Waals surface area contributed by atoms with Crippen LogP contribution >= 0.6 is 0 Å². The number of aromatic nitrogens is 3. The van der Waals surface area contributed by atoms with Gasteiger partial charge >= 0.3 is 0 Å². The lowest BCUT2D eigenvalue weighted by molar-refractivity contribution is 0.398. The van der Waals surface area contributed by atoms with E-state index < -0.39 is 0 Å². The summed E-state index contributed by atoms with van der Waals surface area (Å²) in [6.45, 7) is 0. The molecule has 3 aromatic rings. The van der Waals surface area contributed by atoms with Crippen LogP contribution in [0.4, 0.5) is 10.3 Å². The first kappa shape index (κ1) is 12.3. The van der Waals surface area contributed by atoms with Gasteiger partial charge in [-0.1, -0.05) is 6.07 Å². The van der Waals surface area contributed by atoms with Crippen LogP contribution in [0.15, 0.2) is 36.5 Å². The van der Waals surface area contributed by atoms with Crippen molar-refractivity contribution in [1.82, 2.24) is 15.0 Å². The summed E-state index contributed by atoms with van der Waals surface area (Å²) in [7, 11) is 1.48. The van der Waals surface area contributed by atoms with Gasteiger partial charge in [-0.2, -0.15) is 4.98 Å². The molecule has 3 rings (SSSR count). The first-order valence-electron chi connectivity index (χ1n) is 5.90. The van der Waals surface area contributed by atoms with Gasteiger partial charge in [0, 0.05) is 23.2 Å².